The van der Waals surface area contributed by atoms with E-state index in [9.17, 15) is 4.79 Å². The normalized spacial score (nSPS) is 18.1. The topological polar surface area (TPSA) is 41.1 Å². The van der Waals surface area contributed by atoms with Gasteiger partial charge in [-0.1, -0.05) is 30.7 Å². The number of rotatable bonds is 4. The number of nitrogens with one attached hydrogen (secondary N) is 2. The molecule has 1 aliphatic rings. The second-order valence-electron chi connectivity index (χ2n) is 5.66. The van der Waals surface area contributed by atoms with Gasteiger partial charge in [0.2, 0.25) is 5.91 Å². The van der Waals surface area contributed by atoms with Crippen LogP contribution >= 0.6 is 11.6 Å². The maximum Gasteiger partial charge on any atom is 0.244 e. The maximum atomic E-state index is 11.8. The Morgan fingerprint density at radius 2 is 2.00 bits per heavy atom. The number of amides is 1. The van der Waals surface area contributed by atoms with Gasteiger partial charge in [0.1, 0.15) is 0 Å². The molecule has 0 saturated carbocycles. The predicted molar refractivity (Wildman–Crippen MR) is 83.7 cm³/mol. The fourth-order valence-corrected chi connectivity index (χ4v) is 2.44. The summed E-state index contributed by atoms with van der Waals surface area (Å²) in [6.07, 6.45) is 5.59. The van der Waals surface area contributed by atoms with Gasteiger partial charge in [-0.2, -0.15) is 0 Å². The van der Waals surface area contributed by atoms with E-state index < -0.39 is 0 Å². The van der Waals surface area contributed by atoms with Crippen LogP contribution in [0.4, 0.5) is 0 Å². The van der Waals surface area contributed by atoms with E-state index in [0.717, 1.165) is 38.0 Å². The van der Waals surface area contributed by atoms with Crippen molar-refractivity contribution < 1.29 is 4.79 Å². The zero-order chi connectivity index (χ0) is 14.4. The van der Waals surface area contributed by atoms with Crippen LogP contribution in [0.3, 0.4) is 0 Å². The lowest BCUT2D eigenvalue weighted by molar-refractivity contribution is -0.117. The van der Waals surface area contributed by atoms with Crippen LogP contribution in [-0.4, -0.2) is 25.5 Å². The molecule has 4 heteroatoms. The number of piperidine rings is 1. The summed E-state index contributed by atoms with van der Waals surface area (Å²) in [6.45, 7) is 5.04. The summed E-state index contributed by atoms with van der Waals surface area (Å²) in [5, 5.41) is 7.04. The molecule has 2 rings (SSSR count). The Labute approximate surface area is 125 Å². The van der Waals surface area contributed by atoms with Crippen molar-refractivity contribution in [1.82, 2.24) is 10.6 Å². The molecule has 1 fully saturated rings. The van der Waals surface area contributed by atoms with E-state index in [2.05, 4.69) is 17.6 Å². The third kappa shape index (κ3) is 4.66. The summed E-state index contributed by atoms with van der Waals surface area (Å²) >= 11 is 5.82. The van der Waals surface area contributed by atoms with Crippen molar-refractivity contribution in [3.05, 3.63) is 40.9 Å². The van der Waals surface area contributed by atoms with Gasteiger partial charge in [0.15, 0.2) is 0 Å². The first-order chi connectivity index (χ1) is 9.57. The summed E-state index contributed by atoms with van der Waals surface area (Å²) in [6, 6.07) is 7.41. The number of hydrogen-bond donors (Lipinski definition) is 2. The highest BCUT2D eigenvalue weighted by atomic mass is 35.5. The molecule has 1 aliphatic heterocycles. The molecule has 0 unspecified atom stereocenters. The Balaban J connectivity index is 1.81. The largest absolute Gasteiger partial charge is 0.352 e. The minimum absolute atomic E-state index is 0.0419. The van der Waals surface area contributed by atoms with Crippen LogP contribution in [0.2, 0.25) is 5.02 Å². The van der Waals surface area contributed by atoms with Crippen molar-refractivity contribution >= 4 is 23.6 Å². The average Bonchev–Trinajstić information content (AvgIpc) is 2.45. The third-order valence-corrected chi connectivity index (χ3v) is 4.05. The standard InChI is InChI=1S/C16H21ClN2O/c1-16(8-10-18-11-9-16)12-19-15(20)7-4-13-2-5-14(17)6-3-13/h2-7,18H,8-12H2,1H3,(H,19,20)/b7-4+. The maximum absolute atomic E-state index is 11.8. The molecule has 1 heterocycles. The van der Waals surface area contributed by atoms with E-state index in [0.29, 0.717) is 5.02 Å². The summed E-state index contributed by atoms with van der Waals surface area (Å²) in [4.78, 5) is 11.8. The van der Waals surface area contributed by atoms with Gasteiger partial charge in [-0.25, -0.2) is 0 Å². The van der Waals surface area contributed by atoms with E-state index in [1.807, 2.05) is 24.3 Å². The van der Waals surface area contributed by atoms with E-state index in [1.54, 1.807) is 12.2 Å². The molecule has 0 aliphatic carbocycles. The Kier molecular flexibility index (Phi) is 5.21. The zero-order valence-electron chi connectivity index (χ0n) is 11.8. The molecule has 1 saturated heterocycles. The summed E-state index contributed by atoms with van der Waals surface area (Å²) in [5.41, 5.74) is 1.19. The van der Waals surface area contributed by atoms with Crippen LogP contribution < -0.4 is 10.6 Å². The first-order valence-electron chi connectivity index (χ1n) is 7.00. The van der Waals surface area contributed by atoms with Crippen molar-refractivity contribution in [2.75, 3.05) is 19.6 Å². The van der Waals surface area contributed by atoms with Crippen LogP contribution in [-0.2, 0) is 4.79 Å². The van der Waals surface area contributed by atoms with Crippen LogP contribution in [0, 0.1) is 5.41 Å². The fraction of sp³-hybridized carbons (Fsp3) is 0.438. The number of halogens is 1. The Morgan fingerprint density at radius 1 is 1.35 bits per heavy atom. The van der Waals surface area contributed by atoms with Gasteiger partial charge < -0.3 is 10.6 Å². The number of carbonyl (C=O) groups is 1. The first kappa shape index (κ1) is 15.1. The molecule has 0 atom stereocenters. The van der Waals surface area contributed by atoms with Gasteiger partial charge in [-0.3, -0.25) is 4.79 Å². The molecule has 108 valence electrons. The van der Waals surface area contributed by atoms with Gasteiger partial charge in [-0.05, 0) is 55.1 Å². The summed E-state index contributed by atoms with van der Waals surface area (Å²) in [5.74, 6) is -0.0419. The molecule has 1 amide bonds. The van der Waals surface area contributed by atoms with Gasteiger partial charge in [0, 0.05) is 17.6 Å². The SMILES string of the molecule is CC1(CNC(=O)/C=C/c2ccc(Cl)cc2)CCNCC1. The van der Waals surface area contributed by atoms with E-state index in [4.69, 9.17) is 11.6 Å². The number of benzene rings is 1. The monoisotopic (exact) mass is 292 g/mol. The summed E-state index contributed by atoms with van der Waals surface area (Å²) < 4.78 is 0. The average molecular weight is 293 g/mol. The van der Waals surface area contributed by atoms with E-state index >= 15 is 0 Å². The van der Waals surface area contributed by atoms with Crippen LogP contribution in [0.25, 0.3) is 6.08 Å². The van der Waals surface area contributed by atoms with Crippen molar-refractivity contribution in [3.8, 4) is 0 Å². The highest BCUT2D eigenvalue weighted by molar-refractivity contribution is 6.30. The lowest BCUT2D eigenvalue weighted by Gasteiger charge is -2.33. The molecule has 0 radical (unpaired) electrons. The molecule has 1 aromatic carbocycles. The smallest absolute Gasteiger partial charge is 0.244 e. The molecule has 0 spiro atoms. The fourth-order valence-electron chi connectivity index (χ4n) is 2.31. The van der Waals surface area contributed by atoms with Crippen molar-refractivity contribution in [2.45, 2.75) is 19.8 Å². The second-order valence-corrected chi connectivity index (χ2v) is 6.10. The Hall–Kier alpha value is -1.32. The van der Waals surface area contributed by atoms with E-state index in [-0.39, 0.29) is 11.3 Å². The van der Waals surface area contributed by atoms with Gasteiger partial charge >= 0.3 is 0 Å². The number of carbonyl (C=O) groups excluding carboxylic acids is 1. The van der Waals surface area contributed by atoms with Gasteiger partial charge in [-0.15, -0.1) is 0 Å². The molecule has 2 N–H and O–H groups in total. The quantitative estimate of drug-likeness (QED) is 0.838. The van der Waals surface area contributed by atoms with Crippen LogP contribution in [0.15, 0.2) is 30.3 Å². The highest BCUT2D eigenvalue weighted by Crippen LogP contribution is 2.26. The lowest BCUT2D eigenvalue weighted by Crippen LogP contribution is -2.42. The second kappa shape index (κ2) is 6.91. The van der Waals surface area contributed by atoms with Crippen LogP contribution in [0.1, 0.15) is 25.3 Å². The molecule has 0 bridgehead atoms. The minimum atomic E-state index is -0.0419. The van der Waals surface area contributed by atoms with Gasteiger partial charge in [0.25, 0.3) is 0 Å². The minimum Gasteiger partial charge on any atom is -0.352 e. The van der Waals surface area contributed by atoms with Crippen LogP contribution in [0.5, 0.6) is 0 Å². The predicted octanol–water partition coefficient (Wildman–Crippen LogP) is 2.86. The molecule has 1 aromatic rings. The molecule has 0 aromatic heterocycles. The molecule has 3 nitrogen and oxygen atoms in total. The zero-order valence-corrected chi connectivity index (χ0v) is 12.5. The van der Waals surface area contributed by atoms with Gasteiger partial charge in [0.05, 0.1) is 0 Å². The molecular formula is C16H21ClN2O. The van der Waals surface area contributed by atoms with E-state index in [1.165, 1.54) is 0 Å². The lowest BCUT2D eigenvalue weighted by atomic mass is 9.81. The molecular weight excluding hydrogens is 272 g/mol. The molecule has 20 heavy (non-hydrogen) atoms. The highest BCUT2D eigenvalue weighted by Gasteiger charge is 2.26. The Morgan fingerprint density at radius 3 is 2.65 bits per heavy atom. The number of hydrogen-bond acceptors (Lipinski definition) is 2. The van der Waals surface area contributed by atoms with Crippen molar-refractivity contribution in [1.29, 1.82) is 0 Å². The third-order valence-electron chi connectivity index (χ3n) is 3.80. The first-order valence-corrected chi connectivity index (χ1v) is 7.37. The Bertz CT molecular complexity index is 476. The summed E-state index contributed by atoms with van der Waals surface area (Å²) in [7, 11) is 0. The van der Waals surface area contributed by atoms with Crippen molar-refractivity contribution in [3.63, 3.8) is 0 Å². The van der Waals surface area contributed by atoms with Crippen molar-refractivity contribution in [2.24, 2.45) is 5.41 Å².